The molecule has 2 aromatic carbocycles. The largest absolute Gasteiger partial charge is 0.478 e. The first-order valence-corrected chi connectivity index (χ1v) is 13.0. The molecule has 0 radical (unpaired) electrons. The number of ether oxygens (including phenoxy) is 3. The van der Waals surface area contributed by atoms with Gasteiger partial charge in [-0.15, -0.1) is 0 Å². The van der Waals surface area contributed by atoms with Crippen LogP contribution in [0.1, 0.15) is 50.3 Å². The smallest absolute Gasteiger partial charge is 0.407 e. The van der Waals surface area contributed by atoms with Crippen LogP contribution in [0.2, 0.25) is 0 Å². The molecular formula is C29H39N3O6. The highest BCUT2D eigenvalue weighted by Gasteiger charge is 2.29. The van der Waals surface area contributed by atoms with E-state index in [4.69, 9.17) is 14.2 Å². The fraction of sp³-hybridized carbons (Fsp3) is 0.483. The maximum Gasteiger partial charge on any atom is 0.407 e. The van der Waals surface area contributed by atoms with Gasteiger partial charge in [0.1, 0.15) is 13.2 Å². The highest BCUT2D eigenvalue weighted by Crippen LogP contribution is 2.21. The van der Waals surface area contributed by atoms with E-state index in [1.165, 1.54) is 7.11 Å². The van der Waals surface area contributed by atoms with E-state index in [0.29, 0.717) is 31.2 Å². The molecule has 38 heavy (non-hydrogen) atoms. The summed E-state index contributed by atoms with van der Waals surface area (Å²) in [4.78, 5) is 28.8. The van der Waals surface area contributed by atoms with Crippen LogP contribution in [0.4, 0.5) is 4.79 Å². The Morgan fingerprint density at radius 2 is 1.74 bits per heavy atom. The van der Waals surface area contributed by atoms with Gasteiger partial charge in [-0.1, -0.05) is 74.5 Å². The lowest BCUT2D eigenvalue weighted by molar-refractivity contribution is -0.142. The predicted molar refractivity (Wildman–Crippen MR) is 145 cm³/mol. The Morgan fingerprint density at radius 1 is 1.05 bits per heavy atom. The number of rotatable bonds is 14. The second-order valence-electron chi connectivity index (χ2n) is 9.88. The van der Waals surface area contributed by atoms with Crippen LogP contribution in [-0.2, 0) is 25.6 Å². The van der Waals surface area contributed by atoms with E-state index < -0.39 is 24.2 Å². The fourth-order valence-electron chi connectivity index (χ4n) is 4.32. The first-order chi connectivity index (χ1) is 18.3. The van der Waals surface area contributed by atoms with Gasteiger partial charge < -0.3 is 30.0 Å². The third-order valence-electron chi connectivity index (χ3n) is 6.24. The Bertz CT molecular complexity index is 1030. The van der Waals surface area contributed by atoms with Crippen LogP contribution < -0.4 is 10.6 Å². The van der Waals surface area contributed by atoms with Gasteiger partial charge in [0.15, 0.2) is 11.9 Å². The maximum absolute atomic E-state index is 12.5. The van der Waals surface area contributed by atoms with Crippen molar-refractivity contribution in [2.45, 2.75) is 63.9 Å². The molecule has 0 fully saturated rings. The Labute approximate surface area is 224 Å². The molecule has 4 atom stereocenters. The lowest BCUT2D eigenvalue weighted by Crippen LogP contribution is -2.46. The van der Waals surface area contributed by atoms with Crippen LogP contribution >= 0.6 is 0 Å². The number of aliphatic hydroxyl groups is 1. The molecule has 0 saturated heterocycles. The molecular weight excluding hydrogens is 486 g/mol. The highest BCUT2D eigenvalue weighted by molar-refractivity contribution is 5.85. The van der Waals surface area contributed by atoms with E-state index in [9.17, 15) is 14.7 Å². The summed E-state index contributed by atoms with van der Waals surface area (Å²) in [7, 11) is 1.32. The lowest BCUT2D eigenvalue weighted by Gasteiger charge is -2.26. The number of amides is 1. The summed E-state index contributed by atoms with van der Waals surface area (Å²) < 4.78 is 15.9. The average Bonchev–Trinajstić information content (AvgIpc) is 3.39. The molecule has 0 bridgehead atoms. The lowest BCUT2D eigenvalue weighted by atomic mass is 9.98. The van der Waals surface area contributed by atoms with Crippen molar-refractivity contribution in [2.75, 3.05) is 20.3 Å². The van der Waals surface area contributed by atoms with Crippen LogP contribution in [0.25, 0.3) is 0 Å². The zero-order chi connectivity index (χ0) is 27.3. The van der Waals surface area contributed by atoms with Gasteiger partial charge in [-0.25, -0.2) is 14.6 Å². The molecule has 2 aromatic rings. The molecule has 9 nitrogen and oxygen atoms in total. The molecule has 3 rings (SSSR count). The normalized spacial score (nSPS) is 17.2. The number of aliphatic hydroxyl groups excluding tert-OH is 1. The number of aliphatic imine (C=N–C) groups is 1. The molecule has 4 unspecified atom stereocenters. The van der Waals surface area contributed by atoms with Crippen molar-refractivity contribution >= 4 is 18.0 Å². The predicted octanol–water partition coefficient (Wildman–Crippen LogP) is 3.77. The number of carbonyl (C=O) groups excluding carboxylic acids is 2. The van der Waals surface area contributed by atoms with Crippen molar-refractivity contribution in [3.8, 4) is 0 Å². The fourth-order valence-corrected chi connectivity index (χ4v) is 4.32. The van der Waals surface area contributed by atoms with E-state index in [0.717, 1.165) is 17.5 Å². The van der Waals surface area contributed by atoms with Gasteiger partial charge in [0, 0.05) is 25.0 Å². The number of nitrogens with zero attached hydrogens (tertiary/aromatic N) is 1. The van der Waals surface area contributed by atoms with Gasteiger partial charge >= 0.3 is 12.1 Å². The van der Waals surface area contributed by atoms with Gasteiger partial charge in [0.05, 0.1) is 13.2 Å². The summed E-state index contributed by atoms with van der Waals surface area (Å²) >= 11 is 0. The summed E-state index contributed by atoms with van der Waals surface area (Å²) in [6, 6.07) is 17.9. The third-order valence-corrected chi connectivity index (χ3v) is 6.24. The average molecular weight is 526 g/mol. The molecule has 1 aliphatic heterocycles. The Morgan fingerprint density at radius 3 is 2.39 bits per heavy atom. The van der Waals surface area contributed by atoms with Crippen LogP contribution in [0, 0.1) is 5.92 Å². The number of esters is 1. The Kier molecular flexibility index (Phi) is 11.6. The van der Waals surface area contributed by atoms with Crippen molar-refractivity contribution in [3.05, 3.63) is 71.8 Å². The highest BCUT2D eigenvalue weighted by atomic mass is 16.5. The van der Waals surface area contributed by atoms with Crippen molar-refractivity contribution in [1.82, 2.24) is 10.6 Å². The summed E-state index contributed by atoms with van der Waals surface area (Å²) in [5.74, 6) is 0.339. The summed E-state index contributed by atoms with van der Waals surface area (Å²) in [5, 5.41) is 17.3. The monoisotopic (exact) mass is 525 g/mol. The minimum Gasteiger partial charge on any atom is -0.478 e. The third kappa shape index (κ3) is 9.79. The summed E-state index contributed by atoms with van der Waals surface area (Å²) in [5.41, 5.74) is 1.72. The topological polar surface area (TPSA) is 118 Å². The van der Waals surface area contributed by atoms with Crippen molar-refractivity contribution in [1.29, 1.82) is 0 Å². The molecule has 9 heteroatoms. The molecule has 1 amide bonds. The van der Waals surface area contributed by atoms with Gasteiger partial charge in [0.2, 0.25) is 0 Å². The number of carbonyl (C=O) groups is 2. The quantitative estimate of drug-likeness (QED) is 0.321. The zero-order valence-corrected chi connectivity index (χ0v) is 22.3. The van der Waals surface area contributed by atoms with E-state index in [1.807, 2.05) is 60.7 Å². The van der Waals surface area contributed by atoms with E-state index >= 15 is 0 Å². The Balaban J connectivity index is 1.63. The molecule has 1 heterocycles. The number of alkyl carbamates (subject to hydrolysis) is 1. The molecule has 0 saturated carbocycles. The van der Waals surface area contributed by atoms with Crippen LogP contribution in [0.15, 0.2) is 65.7 Å². The number of benzene rings is 2. The van der Waals surface area contributed by atoms with Crippen molar-refractivity contribution in [3.63, 3.8) is 0 Å². The molecule has 0 aromatic heterocycles. The van der Waals surface area contributed by atoms with E-state index in [-0.39, 0.29) is 25.3 Å². The van der Waals surface area contributed by atoms with Crippen LogP contribution in [-0.4, -0.2) is 61.5 Å². The van der Waals surface area contributed by atoms with Crippen molar-refractivity contribution in [2.24, 2.45) is 10.9 Å². The minimum atomic E-state index is -0.709. The van der Waals surface area contributed by atoms with E-state index in [2.05, 4.69) is 29.5 Å². The second-order valence-corrected chi connectivity index (χ2v) is 9.88. The van der Waals surface area contributed by atoms with Crippen LogP contribution in [0.5, 0.6) is 0 Å². The molecule has 0 spiro atoms. The first kappa shape index (κ1) is 29.1. The summed E-state index contributed by atoms with van der Waals surface area (Å²) in [6.07, 6.45) is 0.321. The van der Waals surface area contributed by atoms with E-state index in [1.54, 1.807) is 0 Å². The maximum atomic E-state index is 12.5. The number of hydrogen-bond acceptors (Lipinski definition) is 8. The number of hydrogen-bond donors (Lipinski definition) is 3. The number of methoxy groups -OCH3 is 1. The van der Waals surface area contributed by atoms with Gasteiger partial charge in [-0.05, 0) is 29.9 Å². The molecule has 206 valence electrons. The minimum absolute atomic E-state index is 0.140. The second kappa shape index (κ2) is 15.1. The molecule has 3 N–H and O–H groups in total. The first-order valence-electron chi connectivity index (χ1n) is 13.0. The number of nitrogens with one attached hydrogen (secondary N) is 2. The van der Waals surface area contributed by atoms with Gasteiger partial charge in [-0.3, -0.25) is 0 Å². The Hall–Kier alpha value is -3.43. The zero-order valence-electron chi connectivity index (χ0n) is 22.3. The molecule has 1 aliphatic rings. The molecule has 0 aliphatic carbocycles. The SMILES string of the molecule is COC(=O)C1COC(CC(CC(O)c2ccccc2)NCC(CC(C)C)NC(=O)OCc2ccccc2)=N1. The van der Waals surface area contributed by atoms with Gasteiger partial charge in [-0.2, -0.15) is 0 Å². The van der Waals surface area contributed by atoms with Crippen molar-refractivity contribution < 1.29 is 28.9 Å². The van der Waals surface area contributed by atoms with Gasteiger partial charge in [0.25, 0.3) is 0 Å². The van der Waals surface area contributed by atoms with Crippen LogP contribution in [0.3, 0.4) is 0 Å². The summed E-state index contributed by atoms with van der Waals surface area (Å²) in [6.45, 7) is 4.97. The standard InChI is InChI=1S/C29H39N3O6/c1-20(2)14-24(31-29(35)38-18-21-10-6-4-7-11-21)17-30-23(15-26(33)22-12-8-5-9-13-22)16-27-32-25(19-37-27)28(34)36-3/h4-13,20,23-26,30,33H,14-19H2,1-3H3,(H,31,35).